The number of nitrogens with one attached hydrogen (secondary N) is 1. The first-order chi connectivity index (χ1) is 13.4. The molecule has 2 rings (SSSR count). The van der Waals surface area contributed by atoms with Gasteiger partial charge in [0.1, 0.15) is 0 Å². The molecule has 3 atom stereocenters. The van der Waals surface area contributed by atoms with Crippen LogP contribution in [-0.4, -0.2) is 35.6 Å². The number of carbonyl (C=O) groups excluding carboxylic acids is 2. The lowest BCUT2D eigenvalue weighted by atomic mass is 9.75. The second-order valence-corrected chi connectivity index (χ2v) is 8.14. The highest BCUT2D eigenvalue weighted by atomic mass is 16.5. The monoisotopic (exact) mass is 391 g/mol. The standard InChI is InChI=1S/C22H33NO5/c1-3-5-9-17(19(24)25)15-22(12-6-7-13-22)21(27)23-18-11-8-10-16(14-18)20(26)28-4-2/h16-18H,4,6-15H2,1-2H3,(H,23,27)(H,24,25). The van der Waals surface area contributed by atoms with Crippen molar-refractivity contribution in [1.29, 1.82) is 0 Å². The number of ether oxygens (including phenoxy) is 1. The molecule has 0 saturated heterocycles. The Morgan fingerprint density at radius 2 is 1.93 bits per heavy atom. The van der Waals surface area contributed by atoms with Crippen molar-refractivity contribution in [2.24, 2.45) is 17.3 Å². The van der Waals surface area contributed by atoms with Gasteiger partial charge in [0.15, 0.2) is 0 Å². The number of esters is 1. The topological polar surface area (TPSA) is 92.7 Å². The summed E-state index contributed by atoms with van der Waals surface area (Å²) in [6.07, 6.45) is 7.05. The molecule has 0 radical (unpaired) electrons. The van der Waals surface area contributed by atoms with E-state index < -0.39 is 17.3 Å². The smallest absolute Gasteiger partial charge is 0.308 e. The van der Waals surface area contributed by atoms with E-state index in [0.29, 0.717) is 19.4 Å². The van der Waals surface area contributed by atoms with Crippen molar-refractivity contribution in [1.82, 2.24) is 5.32 Å². The molecule has 2 aliphatic carbocycles. The van der Waals surface area contributed by atoms with Gasteiger partial charge in [-0.3, -0.25) is 14.4 Å². The number of hydrogen-bond acceptors (Lipinski definition) is 4. The fourth-order valence-corrected chi connectivity index (χ4v) is 4.65. The van der Waals surface area contributed by atoms with E-state index in [2.05, 4.69) is 17.2 Å². The molecule has 0 aromatic rings. The molecule has 6 heteroatoms. The summed E-state index contributed by atoms with van der Waals surface area (Å²) >= 11 is 0. The zero-order chi connectivity index (χ0) is 20.6. The molecule has 0 aromatic heterocycles. The third-order valence-corrected chi connectivity index (χ3v) is 6.18. The molecule has 2 aliphatic rings. The van der Waals surface area contributed by atoms with Crippen LogP contribution in [0.4, 0.5) is 0 Å². The summed E-state index contributed by atoms with van der Waals surface area (Å²) in [7, 11) is 0. The minimum Gasteiger partial charge on any atom is -0.481 e. The lowest BCUT2D eigenvalue weighted by Crippen LogP contribution is -2.47. The molecular weight excluding hydrogens is 358 g/mol. The first kappa shape index (κ1) is 22.3. The molecule has 28 heavy (non-hydrogen) atoms. The highest BCUT2D eigenvalue weighted by molar-refractivity contribution is 5.84. The van der Waals surface area contributed by atoms with Gasteiger partial charge in [-0.1, -0.05) is 19.3 Å². The molecule has 2 N–H and O–H groups in total. The van der Waals surface area contributed by atoms with E-state index in [1.165, 1.54) is 0 Å². The molecule has 156 valence electrons. The summed E-state index contributed by atoms with van der Waals surface area (Å²) in [4.78, 5) is 36.9. The second kappa shape index (κ2) is 10.5. The average Bonchev–Trinajstić information content (AvgIpc) is 3.15. The van der Waals surface area contributed by atoms with Crippen molar-refractivity contribution >= 4 is 17.8 Å². The zero-order valence-corrected chi connectivity index (χ0v) is 17.1. The van der Waals surface area contributed by atoms with Crippen LogP contribution in [0.5, 0.6) is 0 Å². The van der Waals surface area contributed by atoms with Gasteiger partial charge in [0, 0.05) is 12.5 Å². The Morgan fingerprint density at radius 3 is 2.54 bits per heavy atom. The Bertz CT molecular complexity index is 627. The highest BCUT2D eigenvalue weighted by Gasteiger charge is 2.45. The summed E-state index contributed by atoms with van der Waals surface area (Å²) < 4.78 is 5.14. The van der Waals surface area contributed by atoms with Crippen LogP contribution in [0, 0.1) is 29.1 Å². The van der Waals surface area contributed by atoms with E-state index in [1.54, 1.807) is 13.8 Å². The van der Waals surface area contributed by atoms with E-state index in [1.807, 2.05) is 0 Å². The fourth-order valence-electron chi connectivity index (χ4n) is 4.65. The van der Waals surface area contributed by atoms with Crippen LogP contribution in [-0.2, 0) is 19.1 Å². The largest absolute Gasteiger partial charge is 0.481 e. The van der Waals surface area contributed by atoms with E-state index in [9.17, 15) is 19.5 Å². The van der Waals surface area contributed by atoms with Gasteiger partial charge in [0.2, 0.25) is 5.91 Å². The average molecular weight is 392 g/mol. The minimum absolute atomic E-state index is 0.0461. The second-order valence-electron chi connectivity index (χ2n) is 8.14. The van der Waals surface area contributed by atoms with Gasteiger partial charge in [0.05, 0.1) is 23.9 Å². The molecule has 2 fully saturated rings. The van der Waals surface area contributed by atoms with Gasteiger partial charge in [-0.15, -0.1) is 11.8 Å². The van der Waals surface area contributed by atoms with Crippen molar-refractivity contribution in [3.8, 4) is 11.8 Å². The van der Waals surface area contributed by atoms with Crippen LogP contribution >= 0.6 is 0 Å². The van der Waals surface area contributed by atoms with Gasteiger partial charge < -0.3 is 15.2 Å². The molecule has 1 amide bonds. The maximum absolute atomic E-state index is 13.2. The minimum atomic E-state index is -0.887. The van der Waals surface area contributed by atoms with Crippen molar-refractivity contribution in [3.63, 3.8) is 0 Å². The van der Waals surface area contributed by atoms with Crippen molar-refractivity contribution in [2.75, 3.05) is 6.61 Å². The number of carboxylic acid groups (broad SMARTS) is 1. The molecule has 0 aromatic carbocycles. The molecule has 2 saturated carbocycles. The Hall–Kier alpha value is -2.03. The SMILES string of the molecule is CC#CCC(CC1(C(=O)NC2CCCC(C(=O)OCC)C2)CCCC1)C(=O)O. The van der Waals surface area contributed by atoms with Crippen LogP contribution in [0.1, 0.15) is 78.1 Å². The van der Waals surface area contributed by atoms with Gasteiger partial charge in [-0.2, -0.15) is 0 Å². The third-order valence-electron chi connectivity index (χ3n) is 6.18. The molecular formula is C22H33NO5. The van der Waals surface area contributed by atoms with Crippen LogP contribution < -0.4 is 5.32 Å². The van der Waals surface area contributed by atoms with Gasteiger partial charge >= 0.3 is 11.9 Å². The number of carbonyl (C=O) groups is 3. The Kier molecular flexibility index (Phi) is 8.35. The van der Waals surface area contributed by atoms with E-state index >= 15 is 0 Å². The van der Waals surface area contributed by atoms with E-state index in [0.717, 1.165) is 44.9 Å². The maximum Gasteiger partial charge on any atom is 0.308 e. The predicted octanol–water partition coefficient (Wildman–Crippen LogP) is 3.29. The predicted molar refractivity (Wildman–Crippen MR) is 105 cm³/mol. The molecule has 3 unspecified atom stereocenters. The quantitative estimate of drug-likeness (QED) is 0.489. The number of hydrogen-bond donors (Lipinski definition) is 2. The molecule has 0 heterocycles. The molecule has 0 aliphatic heterocycles. The third kappa shape index (κ3) is 5.73. The summed E-state index contributed by atoms with van der Waals surface area (Å²) in [5.74, 6) is 3.71. The zero-order valence-electron chi connectivity index (χ0n) is 17.1. The van der Waals surface area contributed by atoms with Crippen LogP contribution in [0.15, 0.2) is 0 Å². The Balaban J connectivity index is 2.04. The van der Waals surface area contributed by atoms with Gasteiger partial charge in [0.25, 0.3) is 0 Å². The first-order valence-electron chi connectivity index (χ1n) is 10.5. The lowest BCUT2D eigenvalue weighted by Gasteiger charge is -2.34. The number of rotatable bonds is 8. The summed E-state index contributed by atoms with van der Waals surface area (Å²) in [6, 6.07) is -0.0492. The fraction of sp³-hybridized carbons (Fsp3) is 0.773. The number of amides is 1. The Labute approximate surface area is 167 Å². The van der Waals surface area contributed by atoms with Crippen molar-refractivity contribution < 1.29 is 24.2 Å². The molecule has 0 spiro atoms. The summed E-state index contributed by atoms with van der Waals surface area (Å²) in [5, 5.41) is 12.7. The molecule has 6 nitrogen and oxygen atoms in total. The lowest BCUT2D eigenvalue weighted by molar-refractivity contribution is -0.150. The van der Waals surface area contributed by atoms with Gasteiger partial charge in [-0.05, 0) is 52.4 Å². The summed E-state index contributed by atoms with van der Waals surface area (Å²) in [6.45, 7) is 3.86. The van der Waals surface area contributed by atoms with Crippen LogP contribution in [0.3, 0.4) is 0 Å². The molecule has 0 bridgehead atoms. The van der Waals surface area contributed by atoms with E-state index in [4.69, 9.17) is 4.74 Å². The van der Waals surface area contributed by atoms with E-state index in [-0.39, 0.29) is 30.3 Å². The normalized spacial score (nSPS) is 24.5. The maximum atomic E-state index is 13.2. The van der Waals surface area contributed by atoms with Gasteiger partial charge in [-0.25, -0.2) is 0 Å². The number of carboxylic acids is 1. The van der Waals surface area contributed by atoms with Crippen molar-refractivity contribution in [2.45, 2.75) is 84.1 Å². The van der Waals surface area contributed by atoms with Crippen LogP contribution in [0.25, 0.3) is 0 Å². The van der Waals surface area contributed by atoms with Crippen LogP contribution in [0.2, 0.25) is 0 Å². The highest BCUT2D eigenvalue weighted by Crippen LogP contribution is 2.44. The van der Waals surface area contributed by atoms with Crippen molar-refractivity contribution in [3.05, 3.63) is 0 Å². The Morgan fingerprint density at radius 1 is 1.21 bits per heavy atom. The summed E-state index contributed by atoms with van der Waals surface area (Å²) in [5.41, 5.74) is -0.630. The first-order valence-corrected chi connectivity index (χ1v) is 10.5. The number of aliphatic carboxylic acids is 1.